The number of carbonyl (C=O) groups is 2. The van der Waals surface area contributed by atoms with Crippen LogP contribution in [0.25, 0.3) is 0 Å². The number of likely N-dealkylation sites (N-methyl/N-ethyl adjacent to an activating group) is 1. The molecule has 1 spiro atoms. The van der Waals surface area contributed by atoms with Gasteiger partial charge < -0.3 is 25.3 Å². The number of nitrogens with zero attached hydrogens (tertiary/aromatic N) is 5. The summed E-state index contributed by atoms with van der Waals surface area (Å²) in [5, 5.41) is 6.37. The molecule has 190 valence electrons. The summed E-state index contributed by atoms with van der Waals surface area (Å²) in [7, 11) is 4.13. The summed E-state index contributed by atoms with van der Waals surface area (Å²) in [6.45, 7) is 2.28. The van der Waals surface area contributed by atoms with Crippen molar-refractivity contribution in [3.05, 3.63) is 41.6 Å². The maximum absolute atomic E-state index is 13.0. The topological polar surface area (TPSA) is 93.7 Å². The number of hydrogen-bond donors (Lipinski definition) is 2. The Kier molecular flexibility index (Phi) is 5.82. The number of benzene rings is 1. The van der Waals surface area contributed by atoms with Crippen LogP contribution in [0, 0.1) is 0 Å². The first kappa shape index (κ1) is 23.2. The quantitative estimate of drug-likeness (QED) is 0.667. The second-order valence-corrected chi connectivity index (χ2v) is 10.9. The van der Waals surface area contributed by atoms with E-state index in [0.29, 0.717) is 36.6 Å². The van der Waals surface area contributed by atoms with Crippen molar-refractivity contribution in [2.75, 3.05) is 43.9 Å². The predicted octanol–water partition coefficient (Wildman–Crippen LogP) is 2.56. The molecule has 1 aromatic carbocycles. The molecular formula is C27H35N7O2. The number of hydrogen-bond acceptors (Lipinski definition) is 7. The summed E-state index contributed by atoms with van der Waals surface area (Å²) in [6, 6.07) is 8.31. The summed E-state index contributed by atoms with van der Waals surface area (Å²) in [5.74, 6) is 1.61. The average molecular weight is 490 g/mol. The number of aromatic nitrogens is 2. The second kappa shape index (κ2) is 9.03. The van der Waals surface area contributed by atoms with Crippen molar-refractivity contribution in [1.82, 2.24) is 25.1 Å². The Bertz CT molecular complexity index is 1160. The summed E-state index contributed by atoms with van der Waals surface area (Å²) in [4.78, 5) is 41.9. The van der Waals surface area contributed by atoms with E-state index in [1.165, 1.54) is 12.8 Å². The predicted molar refractivity (Wildman–Crippen MR) is 139 cm³/mol. The van der Waals surface area contributed by atoms with E-state index >= 15 is 0 Å². The van der Waals surface area contributed by atoms with Crippen LogP contribution >= 0.6 is 0 Å². The van der Waals surface area contributed by atoms with Gasteiger partial charge in [0.15, 0.2) is 0 Å². The molecule has 2 saturated heterocycles. The summed E-state index contributed by atoms with van der Waals surface area (Å²) in [5.41, 5.74) is 2.05. The van der Waals surface area contributed by atoms with Gasteiger partial charge in [0, 0.05) is 61.1 Å². The van der Waals surface area contributed by atoms with Crippen LogP contribution in [-0.2, 0) is 11.2 Å². The zero-order valence-corrected chi connectivity index (χ0v) is 21.2. The SMILES string of the molecule is CN(C)[C@H]1CCN(C(=O)c2ccc(Nc3ncc4c(n3)N(C3CCCC3)C3(CCNC3=O)C4)cc2)C1. The lowest BCUT2D eigenvalue weighted by molar-refractivity contribution is -0.123. The summed E-state index contributed by atoms with van der Waals surface area (Å²) in [6.07, 6.45) is 8.96. The number of amides is 2. The highest BCUT2D eigenvalue weighted by Crippen LogP contribution is 2.46. The maximum Gasteiger partial charge on any atom is 0.253 e. The van der Waals surface area contributed by atoms with Gasteiger partial charge in [-0.15, -0.1) is 0 Å². The molecular weight excluding hydrogens is 454 g/mol. The smallest absolute Gasteiger partial charge is 0.253 e. The van der Waals surface area contributed by atoms with E-state index in [4.69, 9.17) is 4.98 Å². The molecule has 2 atom stereocenters. The molecule has 0 radical (unpaired) electrons. The molecule has 4 aliphatic rings. The second-order valence-electron chi connectivity index (χ2n) is 10.9. The van der Waals surface area contributed by atoms with E-state index in [2.05, 4.69) is 39.5 Å². The average Bonchev–Trinajstić information content (AvgIpc) is 3.67. The zero-order valence-electron chi connectivity index (χ0n) is 21.2. The molecule has 36 heavy (non-hydrogen) atoms. The van der Waals surface area contributed by atoms with Crippen molar-refractivity contribution in [3.8, 4) is 0 Å². The summed E-state index contributed by atoms with van der Waals surface area (Å²) < 4.78 is 0. The number of anilines is 3. The maximum atomic E-state index is 13.0. The molecule has 1 unspecified atom stereocenters. The lowest BCUT2D eigenvalue weighted by Crippen LogP contribution is -2.56. The van der Waals surface area contributed by atoms with Gasteiger partial charge in [-0.25, -0.2) is 4.98 Å². The Balaban J connectivity index is 1.19. The van der Waals surface area contributed by atoms with Crippen LogP contribution in [0.4, 0.5) is 17.5 Å². The van der Waals surface area contributed by atoms with Gasteiger partial charge in [-0.05, 0) is 64.0 Å². The molecule has 9 heteroatoms. The number of carbonyl (C=O) groups excluding carboxylic acids is 2. The van der Waals surface area contributed by atoms with Gasteiger partial charge >= 0.3 is 0 Å². The molecule has 3 fully saturated rings. The minimum absolute atomic E-state index is 0.0759. The number of likely N-dealkylation sites (tertiary alicyclic amines) is 1. The van der Waals surface area contributed by atoms with Crippen molar-refractivity contribution in [1.29, 1.82) is 0 Å². The van der Waals surface area contributed by atoms with E-state index in [1.54, 1.807) is 0 Å². The van der Waals surface area contributed by atoms with Gasteiger partial charge in [0.25, 0.3) is 5.91 Å². The van der Waals surface area contributed by atoms with Crippen LogP contribution in [0.1, 0.15) is 54.4 Å². The van der Waals surface area contributed by atoms with Crippen LogP contribution in [-0.4, -0.2) is 82.9 Å². The van der Waals surface area contributed by atoms with Crippen molar-refractivity contribution in [2.45, 2.75) is 62.6 Å². The first-order valence-electron chi connectivity index (χ1n) is 13.2. The van der Waals surface area contributed by atoms with Crippen LogP contribution in [0.15, 0.2) is 30.5 Å². The fraction of sp³-hybridized carbons (Fsp3) is 0.556. The third-order valence-electron chi connectivity index (χ3n) is 8.52. The molecule has 3 aliphatic heterocycles. The molecule has 9 nitrogen and oxygen atoms in total. The molecule has 1 saturated carbocycles. The third-order valence-corrected chi connectivity index (χ3v) is 8.52. The normalized spacial score (nSPS) is 25.8. The molecule has 0 bridgehead atoms. The van der Waals surface area contributed by atoms with E-state index in [9.17, 15) is 9.59 Å². The fourth-order valence-electron chi connectivity index (χ4n) is 6.49. The highest BCUT2D eigenvalue weighted by Gasteiger charge is 2.55. The van der Waals surface area contributed by atoms with Crippen LogP contribution in [0.5, 0.6) is 0 Å². The first-order chi connectivity index (χ1) is 17.4. The highest BCUT2D eigenvalue weighted by atomic mass is 16.2. The van der Waals surface area contributed by atoms with Crippen LogP contribution < -0.4 is 15.5 Å². The van der Waals surface area contributed by atoms with Crippen molar-refractivity contribution in [2.24, 2.45) is 0 Å². The number of fused-ring (bicyclic) bond motifs is 1. The Hall–Kier alpha value is -3.20. The minimum atomic E-state index is -0.520. The number of rotatable bonds is 5. The zero-order chi connectivity index (χ0) is 24.9. The third kappa shape index (κ3) is 3.89. The molecule has 1 aromatic heterocycles. The fourth-order valence-corrected chi connectivity index (χ4v) is 6.49. The van der Waals surface area contributed by atoms with Gasteiger partial charge in [0.2, 0.25) is 11.9 Å². The molecule has 2 N–H and O–H groups in total. The Labute approximate surface area is 212 Å². The summed E-state index contributed by atoms with van der Waals surface area (Å²) >= 11 is 0. The monoisotopic (exact) mass is 489 g/mol. The van der Waals surface area contributed by atoms with Gasteiger partial charge in [0.1, 0.15) is 11.4 Å². The van der Waals surface area contributed by atoms with Crippen LogP contribution in [0.3, 0.4) is 0 Å². The van der Waals surface area contributed by atoms with Crippen molar-refractivity contribution in [3.63, 3.8) is 0 Å². The minimum Gasteiger partial charge on any atom is -0.354 e. The standard InChI is InChI=1S/C27H35N7O2/c1-32(2)22-11-14-33(17-22)24(35)18-7-9-20(10-8-18)30-26-29-16-19-15-27(12-13-28-25(27)36)34(23(19)31-26)21-5-3-4-6-21/h7-10,16,21-22H,3-6,11-15,17H2,1-2H3,(H,28,36)(H,29,30,31)/t22-,27?/m0/s1. The van der Waals surface area contributed by atoms with E-state index in [0.717, 1.165) is 55.8 Å². The molecule has 4 heterocycles. The van der Waals surface area contributed by atoms with Crippen molar-refractivity contribution < 1.29 is 9.59 Å². The van der Waals surface area contributed by atoms with Crippen LogP contribution in [0.2, 0.25) is 0 Å². The molecule has 6 rings (SSSR count). The highest BCUT2D eigenvalue weighted by molar-refractivity contribution is 5.95. The Morgan fingerprint density at radius 1 is 1.17 bits per heavy atom. The van der Waals surface area contributed by atoms with Gasteiger partial charge in [0.05, 0.1) is 0 Å². The van der Waals surface area contributed by atoms with E-state index in [1.807, 2.05) is 35.4 Å². The molecule has 2 aromatic rings. The van der Waals surface area contributed by atoms with Gasteiger partial charge in [-0.1, -0.05) is 12.8 Å². The van der Waals surface area contributed by atoms with E-state index < -0.39 is 5.54 Å². The lowest BCUT2D eigenvalue weighted by Gasteiger charge is -2.38. The Morgan fingerprint density at radius 2 is 1.94 bits per heavy atom. The van der Waals surface area contributed by atoms with Gasteiger partial charge in [-0.3, -0.25) is 9.59 Å². The van der Waals surface area contributed by atoms with Gasteiger partial charge in [-0.2, -0.15) is 4.98 Å². The van der Waals surface area contributed by atoms with E-state index in [-0.39, 0.29) is 11.8 Å². The first-order valence-corrected chi connectivity index (χ1v) is 13.2. The molecule has 1 aliphatic carbocycles. The lowest BCUT2D eigenvalue weighted by atomic mass is 9.91. The molecule has 2 amide bonds. The Morgan fingerprint density at radius 3 is 2.61 bits per heavy atom. The largest absolute Gasteiger partial charge is 0.354 e. The number of nitrogens with one attached hydrogen (secondary N) is 2. The van der Waals surface area contributed by atoms with Crippen molar-refractivity contribution >= 4 is 29.3 Å².